The van der Waals surface area contributed by atoms with Crippen LogP contribution in [0, 0.1) is 11.3 Å². The van der Waals surface area contributed by atoms with E-state index in [1.54, 1.807) is 12.1 Å². The zero-order valence-electron chi connectivity index (χ0n) is 16.5. The number of hydrogen-bond donors (Lipinski definition) is 0. The molecule has 0 radical (unpaired) electrons. The fourth-order valence-corrected chi connectivity index (χ4v) is 5.31. The monoisotopic (exact) mass is 491 g/mol. The molecule has 0 N–H and O–H groups in total. The molecule has 1 aliphatic rings. The van der Waals surface area contributed by atoms with E-state index in [2.05, 4.69) is 23.9 Å². The van der Waals surface area contributed by atoms with Crippen LogP contribution in [0.2, 0.25) is 5.02 Å². The molecule has 1 fully saturated rings. The first-order valence-corrected chi connectivity index (χ1v) is 11.5. The molecule has 1 aromatic carbocycles. The Bertz CT molecular complexity index is 1450. The largest absolute Gasteiger partial charge is 0.457 e. The summed E-state index contributed by atoms with van der Waals surface area (Å²) in [4.78, 5) is 18.0. The number of rotatable bonds is 4. The second-order valence-electron chi connectivity index (χ2n) is 8.07. The summed E-state index contributed by atoms with van der Waals surface area (Å²) in [6, 6.07) is 11.1. The van der Waals surface area contributed by atoms with Gasteiger partial charge in [0.05, 0.1) is 0 Å². The maximum atomic E-state index is 12.9. The highest BCUT2D eigenvalue weighted by atomic mass is 35.5. The van der Waals surface area contributed by atoms with Gasteiger partial charge in [-0.1, -0.05) is 72.1 Å². The number of halogens is 3. The molecule has 0 bridgehead atoms. The molecule has 2 atom stereocenters. The highest BCUT2D eigenvalue weighted by Crippen LogP contribution is 2.64. The van der Waals surface area contributed by atoms with E-state index >= 15 is 0 Å². The molecule has 4 aromatic rings. The Morgan fingerprint density at radius 1 is 1.26 bits per heavy atom. The molecule has 0 spiro atoms. The molecular weight excluding hydrogens is 477 g/mol. The molecule has 0 aliphatic heterocycles. The van der Waals surface area contributed by atoms with Gasteiger partial charge in [-0.25, -0.2) is 4.98 Å². The Balaban J connectivity index is 1.47. The zero-order valence-corrected chi connectivity index (χ0v) is 19.6. The van der Waals surface area contributed by atoms with Gasteiger partial charge in [-0.2, -0.15) is 4.52 Å². The van der Waals surface area contributed by atoms with Crippen LogP contribution in [-0.2, 0) is 0 Å². The second-order valence-corrected chi connectivity index (χ2v) is 10.5. The normalized spacial score (nSPS) is 20.4. The number of fused-ring (bicyclic) bond motifs is 1. The van der Waals surface area contributed by atoms with Gasteiger partial charge in [-0.3, -0.25) is 4.79 Å². The molecule has 2 unspecified atom stereocenters. The standard InChI is InChI=1S/C22H16Cl3N3O2S/c1-22(2)14(10-17(24)25)18(22)19-26-21-28(27-19)20(29)16(31-21)9-13-6-7-15(30-13)11-4-3-5-12(23)8-11/h3-10,14,18H,1-2H3. The van der Waals surface area contributed by atoms with Crippen molar-refractivity contribution < 1.29 is 4.42 Å². The first-order valence-electron chi connectivity index (χ1n) is 9.54. The summed E-state index contributed by atoms with van der Waals surface area (Å²) in [5.41, 5.74) is 0.587. The average Bonchev–Trinajstić information content (AvgIpc) is 3.16. The van der Waals surface area contributed by atoms with Crippen LogP contribution >= 0.6 is 46.1 Å². The van der Waals surface area contributed by atoms with Crippen LogP contribution < -0.4 is 10.1 Å². The minimum atomic E-state index is -0.222. The summed E-state index contributed by atoms with van der Waals surface area (Å²) in [6.07, 6.45) is 3.52. The highest BCUT2D eigenvalue weighted by Gasteiger charge is 2.59. The summed E-state index contributed by atoms with van der Waals surface area (Å²) in [7, 11) is 0. The van der Waals surface area contributed by atoms with Crippen molar-refractivity contribution in [1.82, 2.24) is 14.6 Å². The molecule has 0 amide bonds. The lowest BCUT2D eigenvalue weighted by Crippen LogP contribution is -2.23. The topological polar surface area (TPSA) is 60.4 Å². The number of hydrogen-bond acceptors (Lipinski definition) is 5. The molecule has 3 heterocycles. The third kappa shape index (κ3) is 3.72. The smallest absolute Gasteiger partial charge is 0.291 e. The van der Waals surface area contributed by atoms with Crippen molar-refractivity contribution in [1.29, 1.82) is 0 Å². The summed E-state index contributed by atoms with van der Waals surface area (Å²) in [5, 5.41) is 5.11. The number of allylic oxidation sites excluding steroid dienone is 1. The lowest BCUT2D eigenvalue weighted by molar-refractivity contribution is 0.571. The molecule has 1 saturated carbocycles. The van der Waals surface area contributed by atoms with Gasteiger partial charge in [-0.05, 0) is 41.7 Å². The van der Waals surface area contributed by atoms with Gasteiger partial charge in [0.1, 0.15) is 20.5 Å². The Hall–Kier alpha value is -2.12. The van der Waals surface area contributed by atoms with Crippen LogP contribution in [0.3, 0.4) is 0 Å². The van der Waals surface area contributed by atoms with Gasteiger partial charge in [-0.15, -0.1) is 5.10 Å². The van der Waals surface area contributed by atoms with Gasteiger partial charge >= 0.3 is 0 Å². The molecule has 5 rings (SSSR count). The van der Waals surface area contributed by atoms with Crippen molar-refractivity contribution in [2.75, 3.05) is 0 Å². The van der Waals surface area contributed by atoms with E-state index in [0.29, 0.717) is 31.9 Å². The van der Waals surface area contributed by atoms with Crippen LogP contribution in [0.25, 0.3) is 22.4 Å². The van der Waals surface area contributed by atoms with Crippen LogP contribution in [0.5, 0.6) is 0 Å². The van der Waals surface area contributed by atoms with Crippen LogP contribution in [0.4, 0.5) is 0 Å². The lowest BCUT2D eigenvalue weighted by atomic mass is 10.1. The van der Waals surface area contributed by atoms with Crippen molar-refractivity contribution in [3.63, 3.8) is 0 Å². The maximum Gasteiger partial charge on any atom is 0.291 e. The number of thiazole rings is 1. The predicted molar refractivity (Wildman–Crippen MR) is 125 cm³/mol. The van der Waals surface area contributed by atoms with E-state index in [4.69, 9.17) is 39.2 Å². The van der Waals surface area contributed by atoms with E-state index in [9.17, 15) is 4.79 Å². The van der Waals surface area contributed by atoms with Gasteiger partial charge in [0.2, 0.25) is 4.96 Å². The summed E-state index contributed by atoms with van der Waals surface area (Å²) in [6.45, 7) is 4.22. The minimum absolute atomic E-state index is 0.0605. The summed E-state index contributed by atoms with van der Waals surface area (Å²) >= 11 is 19.0. The lowest BCUT2D eigenvalue weighted by Gasteiger charge is -1.97. The van der Waals surface area contributed by atoms with E-state index in [1.807, 2.05) is 36.4 Å². The van der Waals surface area contributed by atoms with E-state index in [-0.39, 0.29) is 27.3 Å². The SMILES string of the molecule is CC1(C)C(C=C(Cl)Cl)C1c1nc2sc(=Cc3ccc(-c4cccc(Cl)c4)o3)c(=O)n2n1. The number of benzene rings is 1. The molecule has 1 aliphatic carbocycles. The van der Waals surface area contributed by atoms with Gasteiger partial charge in [0.15, 0.2) is 5.82 Å². The summed E-state index contributed by atoms with van der Waals surface area (Å²) in [5.74, 6) is 2.10. The van der Waals surface area contributed by atoms with E-state index in [0.717, 1.165) is 5.56 Å². The van der Waals surface area contributed by atoms with Crippen molar-refractivity contribution >= 4 is 57.2 Å². The van der Waals surface area contributed by atoms with Crippen molar-refractivity contribution in [3.05, 3.63) is 78.5 Å². The average molecular weight is 493 g/mol. The molecule has 158 valence electrons. The number of aromatic nitrogens is 3. The van der Waals surface area contributed by atoms with Gasteiger partial charge in [0, 0.05) is 22.6 Å². The molecule has 31 heavy (non-hydrogen) atoms. The number of nitrogens with zero attached hydrogens (tertiary/aromatic N) is 3. The minimum Gasteiger partial charge on any atom is -0.457 e. The van der Waals surface area contributed by atoms with E-state index < -0.39 is 0 Å². The van der Waals surface area contributed by atoms with Gasteiger partial charge < -0.3 is 4.42 Å². The Morgan fingerprint density at radius 3 is 2.77 bits per heavy atom. The third-order valence-electron chi connectivity index (χ3n) is 5.70. The van der Waals surface area contributed by atoms with E-state index in [1.165, 1.54) is 15.9 Å². The first-order chi connectivity index (χ1) is 14.7. The van der Waals surface area contributed by atoms with Crippen LogP contribution in [-0.4, -0.2) is 14.6 Å². The van der Waals surface area contributed by atoms with Crippen molar-refractivity contribution in [2.24, 2.45) is 11.3 Å². The van der Waals surface area contributed by atoms with Crippen molar-refractivity contribution in [3.8, 4) is 11.3 Å². The molecule has 3 aromatic heterocycles. The maximum absolute atomic E-state index is 12.9. The Labute approximate surface area is 196 Å². The zero-order chi connectivity index (χ0) is 21.9. The Kier molecular flexibility index (Phi) is 5.01. The van der Waals surface area contributed by atoms with Gasteiger partial charge in [0.25, 0.3) is 5.56 Å². The first kappa shape index (κ1) is 20.8. The van der Waals surface area contributed by atoms with Crippen LogP contribution in [0.15, 0.2) is 56.2 Å². The molecule has 5 nitrogen and oxygen atoms in total. The Morgan fingerprint density at radius 2 is 2.06 bits per heavy atom. The fourth-order valence-electron chi connectivity index (χ4n) is 3.95. The van der Waals surface area contributed by atoms with Crippen LogP contribution in [0.1, 0.15) is 31.4 Å². The molecule has 0 saturated heterocycles. The quantitative estimate of drug-likeness (QED) is 0.368. The molecule has 9 heteroatoms. The third-order valence-corrected chi connectivity index (χ3v) is 7.15. The number of furan rings is 1. The fraction of sp³-hybridized carbons (Fsp3) is 0.227. The predicted octanol–water partition coefficient (Wildman–Crippen LogP) is 5.67. The summed E-state index contributed by atoms with van der Waals surface area (Å²) < 4.78 is 7.97. The second kappa shape index (κ2) is 7.48. The van der Waals surface area contributed by atoms with Crippen molar-refractivity contribution in [2.45, 2.75) is 19.8 Å². The highest BCUT2D eigenvalue weighted by molar-refractivity contribution is 7.15. The molecular formula is C22H16Cl3N3O2S.